The van der Waals surface area contributed by atoms with Crippen molar-refractivity contribution in [2.45, 2.75) is 51.9 Å². The van der Waals surface area contributed by atoms with Crippen LogP contribution in [-0.2, 0) is 4.74 Å². The van der Waals surface area contributed by atoms with E-state index in [0.717, 1.165) is 18.4 Å². The third kappa shape index (κ3) is 3.44. The molecule has 104 valence electrons. The van der Waals surface area contributed by atoms with Crippen LogP contribution in [0, 0.1) is 17.0 Å². The summed E-state index contributed by atoms with van der Waals surface area (Å²) in [7, 11) is 0. The molecule has 19 heavy (non-hydrogen) atoms. The molecule has 1 saturated heterocycles. The first-order valence-corrected chi connectivity index (χ1v) is 6.62. The highest BCUT2D eigenvalue weighted by Crippen LogP contribution is 2.29. The Bertz CT molecular complexity index is 466. The monoisotopic (exact) mass is 264 g/mol. The molecule has 0 radical (unpaired) electrons. The van der Waals surface area contributed by atoms with Gasteiger partial charge in [-0.15, -0.1) is 0 Å². The number of anilines is 1. The second-order valence-electron chi connectivity index (χ2n) is 5.35. The van der Waals surface area contributed by atoms with E-state index in [-0.39, 0.29) is 28.9 Å². The van der Waals surface area contributed by atoms with E-state index < -0.39 is 0 Å². The molecule has 0 aromatic heterocycles. The topological polar surface area (TPSA) is 64.4 Å². The highest BCUT2D eigenvalue weighted by atomic mass is 16.6. The molecule has 2 rings (SSSR count). The number of nitro benzene ring substituents is 1. The van der Waals surface area contributed by atoms with Crippen molar-refractivity contribution in [2.75, 3.05) is 5.32 Å². The minimum absolute atomic E-state index is 0.136. The molecule has 1 fully saturated rings. The van der Waals surface area contributed by atoms with Crippen LogP contribution in [0.15, 0.2) is 18.2 Å². The maximum absolute atomic E-state index is 11.0. The van der Waals surface area contributed by atoms with E-state index in [1.165, 1.54) is 0 Å². The minimum Gasteiger partial charge on any atom is -0.377 e. The summed E-state index contributed by atoms with van der Waals surface area (Å²) in [6.07, 6.45) is 2.11. The Morgan fingerprint density at radius 1 is 1.32 bits per heavy atom. The van der Waals surface area contributed by atoms with Gasteiger partial charge in [-0.3, -0.25) is 10.1 Å². The van der Waals surface area contributed by atoms with Crippen LogP contribution in [-0.4, -0.2) is 23.2 Å². The van der Waals surface area contributed by atoms with Gasteiger partial charge in [-0.05, 0) is 45.2 Å². The molecule has 5 heteroatoms. The fourth-order valence-electron chi connectivity index (χ4n) is 2.67. The van der Waals surface area contributed by atoms with Crippen molar-refractivity contribution in [3.63, 3.8) is 0 Å². The third-order valence-corrected chi connectivity index (χ3v) is 3.41. The molecular formula is C14H20N2O3. The van der Waals surface area contributed by atoms with Crippen molar-refractivity contribution in [1.29, 1.82) is 0 Å². The normalized spacial score (nSPS) is 27.0. The van der Waals surface area contributed by atoms with E-state index in [1.54, 1.807) is 12.1 Å². The van der Waals surface area contributed by atoms with Crippen molar-refractivity contribution in [3.8, 4) is 0 Å². The number of nitrogens with zero attached hydrogens (tertiary/aromatic N) is 1. The SMILES string of the molecule is Cc1ccc([N+](=O)[O-])c(NC2CC(C)OC(C)C2)c1. The van der Waals surface area contributed by atoms with Gasteiger partial charge in [-0.25, -0.2) is 0 Å². The molecule has 1 aliphatic heterocycles. The van der Waals surface area contributed by atoms with Crippen LogP contribution in [0.5, 0.6) is 0 Å². The van der Waals surface area contributed by atoms with Crippen molar-refractivity contribution >= 4 is 11.4 Å². The Morgan fingerprint density at radius 2 is 1.95 bits per heavy atom. The summed E-state index contributed by atoms with van der Waals surface area (Å²) in [5.41, 5.74) is 1.76. The Morgan fingerprint density at radius 3 is 2.53 bits per heavy atom. The highest BCUT2D eigenvalue weighted by Gasteiger charge is 2.26. The Labute approximate surface area is 113 Å². The minimum atomic E-state index is -0.339. The fourth-order valence-corrected chi connectivity index (χ4v) is 2.67. The molecule has 0 saturated carbocycles. The van der Waals surface area contributed by atoms with Crippen LogP contribution in [0.2, 0.25) is 0 Å². The van der Waals surface area contributed by atoms with E-state index in [1.807, 2.05) is 26.8 Å². The van der Waals surface area contributed by atoms with Gasteiger partial charge in [-0.1, -0.05) is 6.07 Å². The molecule has 1 aromatic rings. The first-order chi connectivity index (χ1) is 8.95. The molecule has 1 aromatic carbocycles. The summed E-state index contributed by atoms with van der Waals surface area (Å²) in [6.45, 7) is 6.01. The van der Waals surface area contributed by atoms with E-state index in [4.69, 9.17) is 4.74 Å². The van der Waals surface area contributed by atoms with Gasteiger partial charge in [0.1, 0.15) is 5.69 Å². The van der Waals surface area contributed by atoms with Crippen molar-refractivity contribution in [3.05, 3.63) is 33.9 Å². The number of hydrogen-bond acceptors (Lipinski definition) is 4. The van der Waals surface area contributed by atoms with Crippen LogP contribution in [0.1, 0.15) is 32.3 Å². The van der Waals surface area contributed by atoms with Crippen LogP contribution < -0.4 is 5.32 Å². The van der Waals surface area contributed by atoms with Crippen molar-refractivity contribution < 1.29 is 9.66 Å². The predicted octanol–water partition coefficient (Wildman–Crippen LogP) is 3.27. The summed E-state index contributed by atoms with van der Waals surface area (Å²) < 4.78 is 5.68. The van der Waals surface area contributed by atoms with E-state index in [0.29, 0.717) is 5.69 Å². The van der Waals surface area contributed by atoms with Gasteiger partial charge in [0, 0.05) is 12.1 Å². The first-order valence-electron chi connectivity index (χ1n) is 6.62. The van der Waals surface area contributed by atoms with Crippen LogP contribution >= 0.6 is 0 Å². The van der Waals surface area contributed by atoms with Crippen molar-refractivity contribution in [2.24, 2.45) is 0 Å². The zero-order valence-electron chi connectivity index (χ0n) is 11.6. The lowest BCUT2D eigenvalue weighted by Crippen LogP contribution is -2.37. The maximum Gasteiger partial charge on any atom is 0.292 e. The quantitative estimate of drug-likeness (QED) is 0.672. The third-order valence-electron chi connectivity index (χ3n) is 3.41. The summed E-state index contributed by atoms with van der Waals surface area (Å²) in [5.74, 6) is 0. The van der Waals surface area contributed by atoms with Gasteiger partial charge in [0.15, 0.2) is 0 Å². The van der Waals surface area contributed by atoms with Crippen LogP contribution in [0.3, 0.4) is 0 Å². The number of hydrogen-bond donors (Lipinski definition) is 1. The second-order valence-corrected chi connectivity index (χ2v) is 5.35. The predicted molar refractivity (Wildman–Crippen MR) is 74.5 cm³/mol. The van der Waals surface area contributed by atoms with Crippen molar-refractivity contribution in [1.82, 2.24) is 0 Å². The summed E-state index contributed by atoms with van der Waals surface area (Å²) in [6, 6.07) is 5.38. The van der Waals surface area contributed by atoms with E-state index >= 15 is 0 Å². The Balaban J connectivity index is 2.18. The summed E-state index contributed by atoms with van der Waals surface area (Å²) in [4.78, 5) is 10.7. The first kappa shape index (κ1) is 13.8. The Hall–Kier alpha value is -1.62. The highest BCUT2D eigenvalue weighted by molar-refractivity contribution is 5.63. The van der Waals surface area contributed by atoms with Gasteiger partial charge >= 0.3 is 0 Å². The van der Waals surface area contributed by atoms with E-state index in [2.05, 4.69) is 5.32 Å². The summed E-state index contributed by atoms with van der Waals surface area (Å²) in [5, 5.41) is 14.4. The smallest absolute Gasteiger partial charge is 0.292 e. The average Bonchev–Trinajstić information content (AvgIpc) is 2.26. The number of nitrogens with one attached hydrogen (secondary N) is 1. The number of ether oxygens (including phenoxy) is 1. The number of benzene rings is 1. The number of rotatable bonds is 3. The molecular weight excluding hydrogens is 244 g/mol. The molecule has 1 heterocycles. The summed E-state index contributed by atoms with van der Waals surface area (Å²) >= 11 is 0. The molecule has 1 N–H and O–H groups in total. The van der Waals surface area contributed by atoms with Crippen LogP contribution in [0.25, 0.3) is 0 Å². The molecule has 2 unspecified atom stereocenters. The molecule has 0 bridgehead atoms. The average molecular weight is 264 g/mol. The zero-order valence-corrected chi connectivity index (χ0v) is 11.6. The molecule has 5 nitrogen and oxygen atoms in total. The maximum atomic E-state index is 11.0. The second kappa shape index (κ2) is 5.57. The molecule has 1 aliphatic rings. The lowest BCUT2D eigenvalue weighted by atomic mass is 9.99. The number of aryl methyl sites for hydroxylation is 1. The Kier molecular flexibility index (Phi) is 4.04. The van der Waals surface area contributed by atoms with Gasteiger partial charge in [0.05, 0.1) is 17.1 Å². The lowest BCUT2D eigenvalue weighted by Gasteiger charge is -2.33. The molecule has 0 amide bonds. The lowest BCUT2D eigenvalue weighted by molar-refractivity contribution is -0.384. The van der Waals surface area contributed by atoms with Crippen LogP contribution in [0.4, 0.5) is 11.4 Å². The number of nitro groups is 1. The van der Waals surface area contributed by atoms with Gasteiger partial charge in [-0.2, -0.15) is 0 Å². The van der Waals surface area contributed by atoms with Gasteiger partial charge < -0.3 is 10.1 Å². The molecule has 0 aliphatic carbocycles. The largest absolute Gasteiger partial charge is 0.377 e. The van der Waals surface area contributed by atoms with Gasteiger partial charge in [0.25, 0.3) is 5.69 Å². The standard InChI is InChI=1S/C14H20N2O3/c1-9-4-5-14(16(17)18)13(6-9)15-12-7-10(2)19-11(3)8-12/h4-6,10-12,15H,7-8H2,1-3H3. The van der Waals surface area contributed by atoms with E-state index in [9.17, 15) is 10.1 Å². The fraction of sp³-hybridized carbons (Fsp3) is 0.571. The molecule has 2 atom stereocenters. The zero-order chi connectivity index (χ0) is 14.0. The molecule has 0 spiro atoms. The van der Waals surface area contributed by atoms with Gasteiger partial charge in [0.2, 0.25) is 0 Å².